The number of methoxy groups -OCH3 is 1. The number of carbonyl (C=O) groups is 2. The molecule has 2 rings (SSSR count). The molecule has 9 nitrogen and oxygen atoms in total. The first kappa shape index (κ1) is 25.3. The number of anilines is 1. The Morgan fingerprint density at radius 1 is 1.12 bits per heavy atom. The quantitative estimate of drug-likeness (QED) is 0.560. The van der Waals surface area contributed by atoms with E-state index in [0.717, 1.165) is 0 Å². The van der Waals surface area contributed by atoms with Crippen LogP contribution in [0.15, 0.2) is 47.5 Å². The number of amides is 2. The third-order valence-electron chi connectivity index (χ3n) is 4.89. The van der Waals surface area contributed by atoms with Gasteiger partial charge >= 0.3 is 0 Å². The Morgan fingerprint density at radius 3 is 2.34 bits per heavy atom. The number of ether oxygens (including phenoxy) is 1. The number of sulfonamides is 1. The van der Waals surface area contributed by atoms with E-state index in [1.807, 2.05) is 0 Å². The number of rotatable bonds is 10. The van der Waals surface area contributed by atoms with E-state index in [1.54, 1.807) is 39.8 Å². The third kappa shape index (κ3) is 6.04. The van der Waals surface area contributed by atoms with Gasteiger partial charge in [-0.2, -0.15) is 4.31 Å². The lowest BCUT2D eigenvalue weighted by molar-refractivity contribution is -0.118. The molecule has 0 fully saturated rings. The second kappa shape index (κ2) is 11.1. The molecule has 0 bridgehead atoms. The molecule has 0 aliphatic carbocycles. The molecule has 0 aliphatic rings. The Balaban J connectivity index is 2.20. The van der Waals surface area contributed by atoms with Gasteiger partial charge in [0.2, 0.25) is 21.8 Å². The maximum atomic E-state index is 12.9. The van der Waals surface area contributed by atoms with Crippen molar-refractivity contribution >= 4 is 27.5 Å². The number of pyridine rings is 1. The first-order valence-electron chi connectivity index (χ1n) is 10.4. The van der Waals surface area contributed by atoms with E-state index in [-0.39, 0.29) is 16.4 Å². The minimum Gasteiger partial charge on any atom is -0.481 e. The molecule has 1 atom stereocenters. The van der Waals surface area contributed by atoms with Crippen molar-refractivity contribution in [2.45, 2.75) is 38.6 Å². The average molecular weight is 463 g/mol. The van der Waals surface area contributed by atoms with E-state index in [4.69, 9.17) is 4.74 Å². The largest absolute Gasteiger partial charge is 0.481 e. The van der Waals surface area contributed by atoms with Gasteiger partial charge in [0.1, 0.15) is 6.04 Å². The molecule has 1 aromatic heterocycles. The number of aromatic nitrogens is 1. The van der Waals surface area contributed by atoms with Gasteiger partial charge in [0.25, 0.3) is 5.91 Å². The summed E-state index contributed by atoms with van der Waals surface area (Å²) in [6, 6.07) is 8.22. The molecule has 174 valence electrons. The highest BCUT2D eigenvalue weighted by Crippen LogP contribution is 2.18. The van der Waals surface area contributed by atoms with Crippen molar-refractivity contribution in [3.63, 3.8) is 0 Å². The number of carbonyl (C=O) groups excluding carboxylic acids is 2. The molecule has 2 amide bonds. The molecule has 10 heteroatoms. The summed E-state index contributed by atoms with van der Waals surface area (Å²) in [5.74, 6) is -0.750. The van der Waals surface area contributed by atoms with Crippen LogP contribution in [0.25, 0.3) is 0 Å². The molecular formula is C22H30N4O5S. The zero-order valence-corrected chi connectivity index (χ0v) is 19.8. The number of benzene rings is 1. The first-order valence-corrected chi connectivity index (χ1v) is 11.8. The molecular weight excluding hydrogens is 432 g/mol. The van der Waals surface area contributed by atoms with Crippen LogP contribution in [0.4, 0.5) is 5.69 Å². The number of hydrogen-bond acceptors (Lipinski definition) is 6. The van der Waals surface area contributed by atoms with Gasteiger partial charge in [-0.1, -0.05) is 33.8 Å². The van der Waals surface area contributed by atoms with Gasteiger partial charge in [-0.3, -0.25) is 9.59 Å². The van der Waals surface area contributed by atoms with Crippen molar-refractivity contribution in [2.75, 3.05) is 25.5 Å². The molecule has 1 heterocycles. The number of nitrogens with one attached hydrogen (secondary N) is 2. The normalized spacial score (nSPS) is 12.5. The van der Waals surface area contributed by atoms with Crippen molar-refractivity contribution in [2.24, 2.45) is 5.92 Å². The lowest BCUT2D eigenvalue weighted by Gasteiger charge is -2.22. The standard InChI is InChI=1S/C22H30N4O5S/c1-6-26(7-2)32(29,30)18-10-8-9-16(13-18)21(27)25-20(15(3)4)22(28)24-17-11-12-19(31-5)23-14-17/h8-15,20H,6-7H2,1-5H3,(H,24,28)(H,25,27)/t20-/m0/s1. The fraction of sp³-hybridized carbons (Fsp3) is 0.409. The SMILES string of the molecule is CCN(CC)S(=O)(=O)c1cccc(C(=O)N[C@H](C(=O)Nc2ccc(OC)nc2)C(C)C)c1. The number of nitrogens with zero attached hydrogens (tertiary/aromatic N) is 2. The van der Waals surface area contributed by atoms with Gasteiger partial charge in [-0.15, -0.1) is 0 Å². The van der Waals surface area contributed by atoms with E-state index in [1.165, 1.54) is 41.9 Å². The topological polar surface area (TPSA) is 118 Å². The van der Waals surface area contributed by atoms with E-state index in [2.05, 4.69) is 15.6 Å². The zero-order valence-electron chi connectivity index (χ0n) is 19.0. The predicted molar refractivity (Wildman–Crippen MR) is 122 cm³/mol. The molecule has 0 unspecified atom stereocenters. The lowest BCUT2D eigenvalue weighted by atomic mass is 10.0. The van der Waals surface area contributed by atoms with Crippen LogP contribution in [0, 0.1) is 5.92 Å². The van der Waals surface area contributed by atoms with E-state index >= 15 is 0 Å². The first-order chi connectivity index (χ1) is 15.1. The summed E-state index contributed by atoms with van der Waals surface area (Å²) in [4.78, 5) is 29.7. The molecule has 0 aliphatic heterocycles. The van der Waals surface area contributed by atoms with E-state index in [0.29, 0.717) is 24.7 Å². The molecule has 2 N–H and O–H groups in total. The van der Waals surface area contributed by atoms with Crippen molar-refractivity contribution in [1.29, 1.82) is 0 Å². The molecule has 0 saturated heterocycles. The fourth-order valence-corrected chi connectivity index (χ4v) is 4.57. The molecule has 0 spiro atoms. The molecule has 32 heavy (non-hydrogen) atoms. The Labute approximate surface area is 189 Å². The van der Waals surface area contributed by atoms with Crippen LogP contribution in [0.2, 0.25) is 0 Å². The summed E-state index contributed by atoms with van der Waals surface area (Å²) < 4.78 is 31.9. The summed E-state index contributed by atoms with van der Waals surface area (Å²) >= 11 is 0. The van der Waals surface area contributed by atoms with Crippen LogP contribution in [0.5, 0.6) is 5.88 Å². The van der Waals surface area contributed by atoms with Crippen LogP contribution in [0.3, 0.4) is 0 Å². The smallest absolute Gasteiger partial charge is 0.251 e. The van der Waals surface area contributed by atoms with Crippen molar-refractivity contribution in [3.8, 4) is 5.88 Å². The molecule has 2 aromatic rings. The maximum Gasteiger partial charge on any atom is 0.251 e. The minimum absolute atomic E-state index is 0.0312. The van der Waals surface area contributed by atoms with Gasteiger partial charge in [0.05, 0.1) is 23.9 Å². The lowest BCUT2D eigenvalue weighted by Crippen LogP contribution is -2.47. The Morgan fingerprint density at radius 2 is 1.81 bits per heavy atom. The van der Waals surface area contributed by atoms with Crippen molar-refractivity contribution in [3.05, 3.63) is 48.2 Å². The summed E-state index contributed by atoms with van der Waals surface area (Å²) in [5, 5.41) is 5.43. The summed E-state index contributed by atoms with van der Waals surface area (Å²) in [6.07, 6.45) is 1.46. The van der Waals surface area contributed by atoms with Crippen LogP contribution >= 0.6 is 0 Å². The van der Waals surface area contributed by atoms with E-state index < -0.39 is 27.9 Å². The monoisotopic (exact) mass is 462 g/mol. The van der Waals surface area contributed by atoms with Crippen molar-refractivity contribution in [1.82, 2.24) is 14.6 Å². The Kier molecular flexibility index (Phi) is 8.73. The van der Waals surface area contributed by atoms with Gasteiger partial charge < -0.3 is 15.4 Å². The Bertz CT molecular complexity index is 1030. The Hall–Kier alpha value is -2.98. The van der Waals surface area contributed by atoms with Gasteiger partial charge in [0.15, 0.2) is 0 Å². The van der Waals surface area contributed by atoms with Crippen LogP contribution in [-0.4, -0.2) is 55.8 Å². The highest BCUT2D eigenvalue weighted by atomic mass is 32.2. The average Bonchev–Trinajstić information content (AvgIpc) is 2.78. The maximum absolute atomic E-state index is 12.9. The second-order valence-corrected chi connectivity index (χ2v) is 9.33. The van der Waals surface area contributed by atoms with Gasteiger partial charge in [0, 0.05) is 24.7 Å². The predicted octanol–water partition coefficient (Wildman–Crippen LogP) is 2.51. The summed E-state index contributed by atoms with van der Waals surface area (Å²) in [6.45, 7) is 7.76. The third-order valence-corrected chi connectivity index (χ3v) is 6.93. The highest BCUT2D eigenvalue weighted by molar-refractivity contribution is 7.89. The van der Waals surface area contributed by atoms with Crippen LogP contribution < -0.4 is 15.4 Å². The van der Waals surface area contributed by atoms with Gasteiger partial charge in [-0.05, 0) is 30.2 Å². The molecule has 0 saturated carbocycles. The van der Waals surface area contributed by atoms with E-state index in [9.17, 15) is 18.0 Å². The highest BCUT2D eigenvalue weighted by Gasteiger charge is 2.26. The van der Waals surface area contributed by atoms with Gasteiger partial charge in [-0.25, -0.2) is 13.4 Å². The van der Waals surface area contributed by atoms with Crippen LogP contribution in [-0.2, 0) is 14.8 Å². The molecule has 0 radical (unpaired) electrons. The zero-order chi connectivity index (χ0) is 23.9. The minimum atomic E-state index is -3.71. The van der Waals surface area contributed by atoms with Crippen molar-refractivity contribution < 1.29 is 22.7 Å². The van der Waals surface area contributed by atoms with Crippen LogP contribution in [0.1, 0.15) is 38.1 Å². The fourth-order valence-electron chi connectivity index (χ4n) is 3.06. The summed E-state index contributed by atoms with van der Waals surface area (Å²) in [7, 11) is -2.21. The number of hydrogen-bond donors (Lipinski definition) is 2. The summed E-state index contributed by atoms with van der Waals surface area (Å²) in [5.41, 5.74) is 0.616. The second-order valence-electron chi connectivity index (χ2n) is 7.39. The molecule has 1 aromatic carbocycles.